The Hall–Kier alpha value is -1.20. The molecule has 23 heavy (non-hydrogen) atoms. The topological polar surface area (TPSA) is 46.1 Å². The van der Waals surface area contributed by atoms with Crippen LogP contribution in [-0.4, -0.2) is 21.9 Å². The van der Waals surface area contributed by atoms with Crippen molar-refractivity contribution >= 4 is 44.3 Å². The number of amides is 1. The van der Waals surface area contributed by atoms with Crippen LogP contribution in [0.15, 0.2) is 17.8 Å². The highest BCUT2D eigenvalue weighted by Crippen LogP contribution is 2.27. The molecule has 0 aliphatic rings. The summed E-state index contributed by atoms with van der Waals surface area (Å²) >= 11 is 7.31. The van der Waals surface area contributed by atoms with Crippen molar-refractivity contribution in [3.63, 3.8) is 0 Å². The fourth-order valence-corrected chi connectivity index (χ4v) is 3.56. The van der Waals surface area contributed by atoms with Crippen LogP contribution in [0.2, 0.25) is 0 Å². The van der Waals surface area contributed by atoms with Crippen LogP contribution in [-0.2, 0) is 0 Å². The second-order valence-electron chi connectivity index (χ2n) is 5.72. The molecule has 4 nitrogen and oxygen atoms in total. The number of carbonyl (C=O) groups excluding carboxylic acids is 1. The molecular weight excluding hydrogens is 330 g/mol. The molecule has 0 aliphatic heterocycles. The first-order valence-corrected chi connectivity index (χ1v) is 9.65. The molecule has 0 unspecified atom stereocenters. The van der Waals surface area contributed by atoms with Gasteiger partial charge < -0.3 is 0 Å². The van der Waals surface area contributed by atoms with E-state index >= 15 is 0 Å². The Morgan fingerprint density at radius 1 is 1.13 bits per heavy atom. The van der Waals surface area contributed by atoms with Gasteiger partial charge in [-0.1, -0.05) is 51.9 Å². The number of nitrogens with zero attached hydrogens (tertiary/aromatic N) is 3. The van der Waals surface area contributed by atoms with E-state index in [-0.39, 0.29) is 0 Å². The number of anilines is 1. The second kappa shape index (κ2) is 9.83. The van der Waals surface area contributed by atoms with Crippen molar-refractivity contribution in [3.05, 3.63) is 17.8 Å². The van der Waals surface area contributed by atoms with Crippen LogP contribution in [0, 0.1) is 0 Å². The summed E-state index contributed by atoms with van der Waals surface area (Å²) in [5.74, 6) is 0.624. The minimum Gasteiger partial charge on any atom is -0.282 e. The van der Waals surface area contributed by atoms with Gasteiger partial charge in [0.15, 0.2) is 0 Å². The van der Waals surface area contributed by atoms with Gasteiger partial charge in [0, 0.05) is 6.54 Å². The maximum atomic E-state index is 11.8. The maximum Gasteiger partial charge on any atom is 0.322 e. The molecule has 2 heterocycles. The molecule has 1 amide bonds. The van der Waals surface area contributed by atoms with Crippen LogP contribution < -0.4 is 4.90 Å². The highest BCUT2D eigenvalue weighted by atomic mass is 35.5. The summed E-state index contributed by atoms with van der Waals surface area (Å²) in [6.07, 6.45) is 11.3. The first kappa shape index (κ1) is 18.1. The average molecular weight is 354 g/mol. The fourth-order valence-electron chi connectivity index (χ4n) is 2.67. The smallest absolute Gasteiger partial charge is 0.282 e. The Bertz CT molecular complexity index is 617. The SMILES string of the molecule is CCCCCCCCCCN(C(=O)Cl)c1ncnc2sccc12. The van der Waals surface area contributed by atoms with Gasteiger partial charge in [-0.15, -0.1) is 11.3 Å². The van der Waals surface area contributed by atoms with Crippen LogP contribution in [0.25, 0.3) is 10.2 Å². The third kappa shape index (κ3) is 5.43. The van der Waals surface area contributed by atoms with Gasteiger partial charge in [-0.3, -0.25) is 9.69 Å². The predicted octanol–water partition coefficient (Wildman–Crippen LogP) is 6.00. The molecule has 2 aromatic heterocycles. The quantitative estimate of drug-likeness (QED) is 0.299. The van der Waals surface area contributed by atoms with Gasteiger partial charge in [-0.25, -0.2) is 9.97 Å². The van der Waals surface area contributed by atoms with E-state index in [1.165, 1.54) is 56.2 Å². The molecule has 0 radical (unpaired) electrons. The van der Waals surface area contributed by atoms with Gasteiger partial charge in [0.2, 0.25) is 0 Å². The molecule has 0 aliphatic carbocycles. The van der Waals surface area contributed by atoms with E-state index in [0.717, 1.165) is 23.1 Å². The normalized spacial score (nSPS) is 11.0. The van der Waals surface area contributed by atoms with Crippen LogP contribution in [0.4, 0.5) is 10.6 Å². The number of halogens is 1. The van der Waals surface area contributed by atoms with Gasteiger partial charge in [0.05, 0.1) is 5.39 Å². The average Bonchev–Trinajstić information content (AvgIpc) is 3.02. The molecule has 0 aromatic carbocycles. The molecule has 0 saturated heterocycles. The summed E-state index contributed by atoms with van der Waals surface area (Å²) in [7, 11) is 0. The Morgan fingerprint density at radius 3 is 2.52 bits per heavy atom. The van der Waals surface area contributed by atoms with Gasteiger partial charge >= 0.3 is 5.37 Å². The third-order valence-electron chi connectivity index (χ3n) is 3.94. The van der Waals surface area contributed by atoms with Gasteiger partial charge in [0.25, 0.3) is 0 Å². The molecule has 0 N–H and O–H groups in total. The van der Waals surface area contributed by atoms with E-state index in [1.54, 1.807) is 4.90 Å². The van der Waals surface area contributed by atoms with E-state index in [2.05, 4.69) is 16.9 Å². The first-order valence-electron chi connectivity index (χ1n) is 8.39. The zero-order valence-corrected chi connectivity index (χ0v) is 15.2. The van der Waals surface area contributed by atoms with Crippen molar-refractivity contribution < 1.29 is 4.79 Å². The number of unbranched alkanes of at least 4 members (excludes halogenated alkanes) is 7. The molecular formula is C17H24ClN3OS. The summed E-state index contributed by atoms with van der Waals surface area (Å²) in [4.78, 5) is 22.7. The standard InChI is InChI=1S/C17H24ClN3OS/c1-2-3-4-5-6-7-8-9-11-21(17(18)22)15-14-10-12-23-16(14)20-13-19-15/h10,12-13H,2-9,11H2,1H3. The lowest BCUT2D eigenvalue weighted by molar-refractivity contribution is 0.264. The minimum atomic E-state index is -0.473. The van der Waals surface area contributed by atoms with Gasteiger partial charge in [-0.2, -0.15) is 0 Å². The van der Waals surface area contributed by atoms with E-state index < -0.39 is 5.37 Å². The third-order valence-corrected chi connectivity index (χ3v) is 4.97. The number of carbonyl (C=O) groups is 1. The van der Waals surface area contributed by atoms with Gasteiger partial charge in [0.1, 0.15) is 17.0 Å². The van der Waals surface area contributed by atoms with Crippen LogP contribution in [0.3, 0.4) is 0 Å². The molecule has 2 aromatic rings. The minimum absolute atomic E-state index is 0.473. The zero-order chi connectivity index (χ0) is 16.5. The summed E-state index contributed by atoms with van der Waals surface area (Å²) < 4.78 is 0. The van der Waals surface area contributed by atoms with Crippen LogP contribution in [0.5, 0.6) is 0 Å². The number of rotatable bonds is 10. The van der Waals surface area contributed by atoms with E-state index in [4.69, 9.17) is 11.6 Å². The molecule has 0 spiro atoms. The second-order valence-corrected chi connectivity index (χ2v) is 6.93. The highest BCUT2D eigenvalue weighted by molar-refractivity contribution is 7.16. The predicted molar refractivity (Wildman–Crippen MR) is 98.6 cm³/mol. The fraction of sp³-hybridized carbons (Fsp3) is 0.588. The number of thiophene rings is 1. The Balaban J connectivity index is 1.83. The molecule has 6 heteroatoms. The summed E-state index contributed by atoms with van der Waals surface area (Å²) in [5, 5.41) is 2.38. The molecule has 0 bridgehead atoms. The Morgan fingerprint density at radius 2 is 1.83 bits per heavy atom. The number of aromatic nitrogens is 2. The Labute approximate surface area is 146 Å². The number of hydrogen-bond acceptors (Lipinski definition) is 4. The summed E-state index contributed by atoms with van der Waals surface area (Å²) in [6, 6.07) is 1.94. The van der Waals surface area contributed by atoms with Crippen molar-refractivity contribution in [2.75, 3.05) is 11.4 Å². The molecule has 2 rings (SSSR count). The van der Waals surface area contributed by atoms with Crippen molar-refractivity contribution in [2.45, 2.75) is 58.3 Å². The maximum absolute atomic E-state index is 11.8. The monoisotopic (exact) mass is 353 g/mol. The number of hydrogen-bond donors (Lipinski definition) is 0. The summed E-state index contributed by atoms with van der Waals surface area (Å²) in [5.41, 5.74) is 0. The lowest BCUT2D eigenvalue weighted by atomic mass is 10.1. The summed E-state index contributed by atoms with van der Waals surface area (Å²) in [6.45, 7) is 2.84. The number of fused-ring (bicyclic) bond motifs is 1. The van der Waals surface area contributed by atoms with Crippen LogP contribution >= 0.6 is 22.9 Å². The van der Waals surface area contributed by atoms with E-state index in [1.807, 2.05) is 11.4 Å². The highest BCUT2D eigenvalue weighted by Gasteiger charge is 2.18. The lowest BCUT2D eigenvalue weighted by Gasteiger charge is -2.19. The van der Waals surface area contributed by atoms with Gasteiger partial charge in [-0.05, 0) is 29.5 Å². The van der Waals surface area contributed by atoms with Crippen molar-refractivity contribution in [1.82, 2.24) is 9.97 Å². The molecule has 0 fully saturated rings. The lowest BCUT2D eigenvalue weighted by Crippen LogP contribution is -2.28. The Kier molecular flexibility index (Phi) is 7.76. The van der Waals surface area contributed by atoms with Crippen LogP contribution in [0.1, 0.15) is 58.3 Å². The van der Waals surface area contributed by atoms with Crippen molar-refractivity contribution in [2.24, 2.45) is 0 Å². The molecule has 0 atom stereocenters. The zero-order valence-electron chi connectivity index (χ0n) is 13.6. The van der Waals surface area contributed by atoms with E-state index in [0.29, 0.717) is 12.4 Å². The molecule has 0 saturated carbocycles. The van der Waals surface area contributed by atoms with E-state index in [9.17, 15) is 4.79 Å². The largest absolute Gasteiger partial charge is 0.322 e. The van der Waals surface area contributed by atoms with Crippen molar-refractivity contribution in [3.8, 4) is 0 Å². The van der Waals surface area contributed by atoms with Crippen molar-refractivity contribution in [1.29, 1.82) is 0 Å². The molecule has 126 valence electrons. The first-order chi connectivity index (χ1) is 11.2.